The van der Waals surface area contributed by atoms with Gasteiger partial charge in [-0.2, -0.15) is 0 Å². The molecule has 0 bridgehead atoms. The van der Waals surface area contributed by atoms with Gasteiger partial charge >= 0.3 is 0 Å². The van der Waals surface area contributed by atoms with Crippen molar-refractivity contribution in [3.8, 4) is 0 Å². The van der Waals surface area contributed by atoms with Gasteiger partial charge in [-0.15, -0.1) is 0 Å². The van der Waals surface area contributed by atoms with E-state index in [9.17, 15) is 0 Å². The van der Waals surface area contributed by atoms with E-state index >= 15 is 0 Å². The largest absolute Gasteiger partial charge is 0.441 e. The minimum Gasteiger partial charge on any atom is -0.441 e. The summed E-state index contributed by atoms with van der Waals surface area (Å²) < 4.78 is 10.8. The van der Waals surface area contributed by atoms with E-state index in [0.717, 1.165) is 17.5 Å². The summed E-state index contributed by atoms with van der Waals surface area (Å²) in [6.45, 7) is 3.38. The van der Waals surface area contributed by atoms with E-state index in [1.54, 1.807) is 0 Å². The van der Waals surface area contributed by atoms with Crippen molar-refractivity contribution in [1.29, 1.82) is 0 Å². The molecule has 0 atom stereocenters. The summed E-state index contributed by atoms with van der Waals surface area (Å²) >= 11 is 0. The maximum Gasteiger partial charge on any atom is 0.192 e. The quantitative estimate of drug-likeness (QED) is 0.878. The molecule has 0 unspecified atom stereocenters. The average molecular weight is 233 g/mol. The lowest BCUT2D eigenvalue weighted by Gasteiger charge is -2.41. The van der Waals surface area contributed by atoms with Crippen LogP contribution in [-0.4, -0.2) is 29.9 Å². The number of hydrogen-bond donors (Lipinski definition) is 1. The Hall–Kier alpha value is -1.39. The molecule has 4 heteroatoms. The van der Waals surface area contributed by atoms with Gasteiger partial charge in [0.25, 0.3) is 0 Å². The molecule has 0 saturated carbocycles. The lowest BCUT2D eigenvalue weighted by atomic mass is 9.76. The Morgan fingerprint density at radius 2 is 2.24 bits per heavy atom. The topological polar surface area (TPSA) is 55.5 Å². The molecule has 1 saturated heterocycles. The Balaban J connectivity index is 2.04. The van der Waals surface area contributed by atoms with Gasteiger partial charge in [0, 0.05) is 18.9 Å². The minimum atomic E-state index is -0.0319. The number of ether oxygens (including phenoxy) is 1. The zero-order valence-electron chi connectivity index (χ0n) is 9.77. The van der Waals surface area contributed by atoms with Gasteiger partial charge in [-0.3, -0.25) is 0 Å². The van der Waals surface area contributed by atoms with E-state index in [0.29, 0.717) is 19.1 Å². The van der Waals surface area contributed by atoms with Crippen molar-refractivity contribution in [2.24, 2.45) is 0 Å². The molecule has 3 rings (SSSR count). The molecule has 1 N–H and O–H groups in total. The third-order valence-electron chi connectivity index (χ3n) is 3.45. The summed E-state index contributed by atoms with van der Waals surface area (Å²) in [6, 6.07) is 6.04. The lowest BCUT2D eigenvalue weighted by molar-refractivity contribution is -0.0700. The first-order chi connectivity index (χ1) is 8.23. The number of benzene rings is 1. The number of hydrogen-bond acceptors (Lipinski definition) is 4. The second kappa shape index (κ2) is 3.82. The van der Waals surface area contributed by atoms with Crippen LogP contribution >= 0.6 is 0 Å². The van der Waals surface area contributed by atoms with Gasteiger partial charge in [-0.1, -0.05) is 6.07 Å². The molecule has 17 heavy (non-hydrogen) atoms. The third-order valence-corrected chi connectivity index (χ3v) is 3.45. The van der Waals surface area contributed by atoms with Crippen LogP contribution < -0.4 is 0 Å². The normalized spacial score (nSPS) is 18.2. The molecule has 1 aromatic carbocycles. The fourth-order valence-electron chi connectivity index (χ4n) is 2.39. The molecule has 2 heterocycles. The van der Waals surface area contributed by atoms with Crippen LogP contribution in [0.4, 0.5) is 0 Å². The second-order valence-electron chi connectivity index (χ2n) is 4.66. The number of aliphatic hydroxyl groups excluding tert-OH is 1. The van der Waals surface area contributed by atoms with Gasteiger partial charge in [0.05, 0.1) is 13.2 Å². The number of fused-ring (bicyclic) bond motifs is 1. The van der Waals surface area contributed by atoms with Crippen molar-refractivity contribution < 1.29 is 14.3 Å². The van der Waals surface area contributed by atoms with Crippen LogP contribution in [-0.2, 0) is 10.2 Å². The molecule has 1 fully saturated rings. The van der Waals surface area contributed by atoms with Crippen molar-refractivity contribution in [1.82, 2.24) is 4.98 Å². The van der Waals surface area contributed by atoms with E-state index in [1.165, 1.54) is 5.56 Å². The Labute approximate surface area is 99.2 Å². The molecular formula is C13H15NO3. The molecule has 1 aliphatic rings. The SMILES string of the molecule is Cc1nc2cc(C3(CCO)COC3)ccc2o1. The fraction of sp³-hybridized carbons (Fsp3) is 0.462. The molecule has 0 radical (unpaired) electrons. The Bertz CT molecular complexity index is 543. The predicted molar refractivity (Wildman–Crippen MR) is 62.9 cm³/mol. The number of aliphatic hydroxyl groups is 1. The molecule has 0 spiro atoms. The first kappa shape index (κ1) is 10.7. The maximum absolute atomic E-state index is 9.16. The van der Waals surface area contributed by atoms with Crippen LogP contribution in [0.1, 0.15) is 17.9 Å². The van der Waals surface area contributed by atoms with Gasteiger partial charge < -0.3 is 14.3 Å². The van der Waals surface area contributed by atoms with E-state index in [2.05, 4.69) is 4.98 Å². The monoisotopic (exact) mass is 233 g/mol. The van der Waals surface area contributed by atoms with Gasteiger partial charge in [-0.25, -0.2) is 4.98 Å². The number of oxazole rings is 1. The zero-order valence-corrected chi connectivity index (χ0v) is 9.77. The van der Waals surface area contributed by atoms with Crippen molar-refractivity contribution in [2.45, 2.75) is 18.8 Å². The molecule has 90 valence electrons. The molecule has 0 amide bonds. The summed E-state index contributed by atoms with van der Waals surface area (Å²) in [4.78, 5) is 4.34. The summed E-state index contributed by atoms with van der Waals surface area (Å²) in [7, 11) is 0. The van der Waals surface area contributed by atoms with Crippen LogP contribution in [0.25, 0.3) is 11.1 Å². The fourth-order valence-corrected chi connectivity index (χ4v) is 2.39. The average Bonchev–Trinajstić information content (AvgIpc) is 2.62. The molecule has 4 nitrogen and oxygen atoms in total. The standard InChI is InChI=1S/C13H15NO3/c1-9-14-11-6-10(2-3-12(11)17-9)13(4-5-15)7-16-8-13/h2-3,6,15H,4-5,7-8H2,1H3. The highest BCUT2D eigenvalue weighted by atomic mass is 16.5. The first-order valence-electron chi connectivity index (χ1n) is 5.80. The van der Waals surface area contributed by atoms with Gasteiger partial charge in [-0.05, 0) is 24.1 Å². The summed E-state index contributed by atoms with van der Waals surface area (Å²) in [5.74, 6) is 0.679. The predicted octanol–water partition coefficient (Wildman–Crippen LogP) is 1.79. The van der Waals surface area contributed by atoms with E-state index < -0.39 is 0 Å². The summed E-state index contributed by atoms with van der Waals surface area (Å²) in [5.41, 5.74) is 2.84. The van der Waals surface area contributed by atoms with E-state index in [1.807, 2.05) is 25.1 Å². The molecule has 1 aromatic heterocycles. The van der Waals surface area contributed by atoms with Crippen molar-refractivity contribution in [3.05, 3.63) is 29.7 Å². The van der Waals surface area contributed by atoms with Crippen molar-refractivity contribution in [2.75, 3.05) is 19.8 Å². The Morgan fingerprint density at radius 3 is 2.88 bits per heavy atom. The van der Waals surface area contributed by atoms with Crippen LogP contribution in [0.5, 0.6) is 0 Å². The zero-order chi connectivity index (χ0) is 11.9. The van der Waals surface area contributed by atoms with Crippen LogP contribution in [0.15, 0.2) is 22.6 Å². The van der Waals surface area contributed by atoms with Crippen LogP contribution in [0.3, 0.4) is 0 Å². The second-order valence-corrected chi connectivity index (χ2v) is 4.66. The third kappa shape index (κ3) is 1.64. The van der Waals surface area contributed by atoms with Crippen molar-refractivity contribution >= 4 is 11.1 Å². The highest BCUT2D eigenvalue weighted by molar-refractivity contribution is 5.74. The van der Waals surface area contributed by atoms with Gasteiger partial charge in [0.2, 0.25) is 0 Å². The summed E-state index contributed by atoms with van der Waals surface area (Å²) in [6.07, 6.45) is 0.731. The number of rotatable bonds is 3. The minimum absolute atomic E-state index is 0.0319. The maximum atomic E-state index is 9.16. The molecule has 1 aliphatic heterocycles. The lowest BCUT2D eigenvalue weighted by Crippen LogP contribution is -2.47. The number of aryl methyl sites for hydroxylation is 1. The van der Waals surface area contributed by atoms with E-state index in [4.69, 9.17) is 14.3 Å². The van der Waals surface area contributed by atoms with Gasteiger partial charge in [0.1, 0.15) is 5.52 Å². The molecule has 0 aliphatic carbocycles. The van der Waals surface area contributed by atoms with Crippen molar-refractivity contribution in [3.63, 3.8) is 0 Å². The molecular weight excluding hydrogens is 218 g/mol. The smallest absolute Gasteiger partial charge is 0.192 e. The van der Waals surface area contributed by atoms with Crippen LogP contribution in [0.2, 0.25) is 0 Å². The van der Waals surface area contributed by atoms with E-state index in [-0.39, 0.29) is 12.0 Å². The number of nitrogens with zero attached hydrogens (tertiary/aromatic N) is 1. The Morgan fingerprint density at radius 1 is 1.41 bits per heavy atom. The Kier molecular flexibility index (Phi) is 2.42. The highest BCUT2D eigenvalue weighted by Crippen LogP contribution is 2.36. The molecule has 2 aromatic rings. The van der Waals surface area contributed by atoms with Gasteiger partial charge in [0.15, 0.2) is 11.5 Å². The number of aromatic nitrogens is 1. The highest BCUT2D eigenvalue weighted by Gasteiger charge is 2.39. The summed E-state index contributed by atoms with van der Waals surface area (Å²) in [5, 5.41) is 9.16. The first-order valence-corrected chi connectivity index (χ1v) is 5.80. The van der Waals surface area contributed by atoms with Crippen LogP contribution in [0, 0.1) is 6.92 Å².